The van der Waals surface area contributed by atoms with E-state index in [0.29, 0.717) is 10.7 Å². The maximum Gasteiger partial charge on any atom is 0.257 e. The van der Waals surface area contributed by atoms with Crippen molar-refractivity contribution < 1.29 is 4.79 Å². The summed E-state index contributed by atoms with van der Waals surface area (Å²) in [6.45, 7) is 2.89. The van der Waals surface area contributed by atoms with Gasteiger partial charge in [-0.1, -0.05) is 55.8 Å². The molecule has 2 N–H and O–H groups in total. The van der Waals surface area contributed by atoms with Gasteiger partial charge in [0.2, 0.25) is 0 Å². The lowest BCUT2D eigenvalue weighted by atomic mass is 10.0. The summed E-state index contributed by atoms with van der Waals surface area (Å²) in [7, 11) is 0. The van der Waals surface area contributed by atoms with Crippen LogP contribution in [0.1, 0.15) is 30.1 Å². The van der Waals surface area contributed by atoms with Crippen molar-refractivity contribution in [3.8, 4) is 11.1 Å². The number of hydrogen-bond donors (Lipinski definition) is 2. The first-order valence-corrected chi connectivity index (χ1v) is 7.86. The van der Waals surface area contributed by atoms with Gasteiger partial charge >= 0.3 is 0 Å². The molecule has 2 aromatic rings. The zero-order valence-electron chi connectivity index (χ0n) is 12.6. The van der Waals surface area contributed by atoms with Crippen LogP contribution in [0.25, 0.3) is 11.1 Å². The highest BCUT2D eigenvalue weighted by Gasteiger charge is 2.07. The summed E-state index contributed by atoms with van der Waals surface area (Å²) in [5.74, 6) is -0.186. The van der Waals surface area contributed by atoms with Crippen molar-refractivity contribution in [1.29, 1.82) is 0 Å². The molecule has 0 unspecified atom stereocenters. The summed E-state index contributed by atoms with van der Waals surface area (Å²) < 4.78 is 0. The molecule has 0 aliphatic rings. The molecule has 3 nitrogen and oxygen atoms in total. The quantitative estimate of drug-likeness (QED) is 0.652. The Bertz CT molecular complexity index is 623. The lowest BCUT2D eigenvalue weighted by Gasteiger charge is -2.09. The van der Waals surface area contributed by atoms with Crippen LogP contribution < -0.4 is 10.6 Å². The Hall–Kier alpha value is -2.20. The Labute approximate surface area is 136 Å². The second-order valence-electron chi connectivity index (χ2n) is 5.01. The normalized spacial score (nSPS) is 10.0. The van der Waals surface area contributed by atoms with Crippen LogP contribution in [-0.2, 0) is 0 Å². The van der Waals surface area contributed by atoms with Gasteiger partial charge in [0.05, 0.1) is 0 Å². The molecular formula is C18H20N2OS. The number of carbonyl (C=O) groups excluding carboxylic acids is 1. The number of thiocarbonyl (C=S) groups is 1. The van der Waals surface area contributed by atoms with E-state index >= 15 is 0 Å². The number of hydrogen-bond acceptors (Lipinski definition) is 2. The molecule has 0 radical (unpaired) electrons. The van der Waals surface area contributed by atoms with Crippen molar-refractivity contribution in [2.24, 2.45) is 0 Å². The van der Waals surface area contributed by atoms with E-state index < -0.39 is 0 Å². The molecule has 0 bridgehead atoms. The summed E-state index contributed by atoms with van der Waals surface area (Å²) >= 11 is 5.10. The second-order valence-corrected chi connectivity index (χ2v) is 5.42. The van der Waals surface area contributed by atoms with Crippen LogP contribution >= 0.6 is 12.2 Å². The van der Waals surface area contributed by atoms with Crippen molar-refractivity contribution >= 4 is 23.2 Å². The fraction of sp³-hybridized carbons (Fsp3) is 0.222. The van der Waals surface area contributed by atoms with Crippen molar-refractivity contribution in [3.63, 3.8) is 0 Å². The van der Waals surface area contributed by atoms with Crippen molar-refractivity contribution in [3.05, 3.63) is 60.2 Å². The smallest absolute Gasteiger partial charge is 0.257 e. The summed E-state index contributed by atoms with van der Waals surface area (Å²) in [6.07, 6.45) is 2.12. The van der Waals surface area contributed by atoms with E-state index in [1.807, 2.05) is 54.6 Å². The topological polar surface area (TPSA) is 41.1 Å². The highest BCUT2D eigenvalue weighted by atomic mass is 32.1. The van der Waals surface area contributed by atoms with Crippen LogP contribution in [0.15, 0.2) is 54.6 Å². The molecule has 0 aliphatic carbocycles. The molecule has 0 saturated carbocycles. The van der Waals surface area contributed by atoms with Crippen LogP contribution in [0.3, 0.4) is 0 Å². The first-order valence-electron chi connectivity index (χ1n) is 7.45. The van der Waals surface area contributed by atoms with E-state index in [0.717, 1.165) is 30.5 Å². The number of carbonyl (C=O) groups is 1. The Balaban J connectivity index is 1.95. The SMILES string of the molecule is CCCCNC(=S)NC(=O)c1ccc(-c2ccccc2)cc1. The van der Waals surface area contributed by atoms with Gasteiger partial charge in [-0.15, -0.1) is 0 Å². The van der Waals surface area contributed by atoms with E-state index in [-0.39, 0.29) is 5.91 Å². The zero-order valence-corrected chi connectivity index (χ0v) is 13.5. The van der Waals surface area contributed by atoms with Crippen LogP contribution in [-0.4, -0.2) is 17.6 Å². The van der Waals surface area contributed by atoms with E-state index in [1.165, 1.54) is 0 Å². The summed E-state index contributed by atoms with van der Waals surface area (Å²) in [4.78, 5) is 12.1. The number of amides is 1. The lowest BCUT2D eigenvalue weighted by molar-refractivity contribution is 0.0976. The Morgan fingerprint density at radius 2 is 1.64 bits per heavy atom. The Morgan fingerprint density at radius 1 is 1.00 bits per heavy atom. The molecule has 0 heterocycles. The molecule has 114 valence electrons. The molecule has 22 heavy (non-hydrogen) atoms. The van der Waals surface area contributed by atoms with Crippen LogP contribution in [0.5, 0.6) is 0 Å². The van der Waals surface area contributed by atoms with Gasteiger partial charge in [0.25, 0.3) is 5.91 Å². The first kappa shape index (κ1) is 16.2. The fourth-order valence-electron chi connectivity index (χ4n) is 2.04. The van der Waals surface area contributed by atoms with Gasteiger partial charge in [-0.2, -0.15) is 0 Å². The molecule has 1 amide bonds. The third-order valence-corrected chi connectivity index (χ3v) is 3.54. The zero-order chi connectivity index (χ0) is 15.8. The minimum Gasteiger partial charge on any atom is -0.362 e. The van der Waals surface area contributed by atoms with E-state index in [1.54, 1.807) is 0 Å². The summed E-state index contributed by atoms with van der Waals surface area (Å²) in [6, 6.07) is 17.6. The number of benzene rings is 2. The van der Waals surface area contributed by atoms with E-state index in [2.05, 4.69) is 17.6 Å². The van der Waals surface area contributed by atoms with Crippen molar-refractivity contribution in [1.82, 2.24) is 10.6 Å². The maximum absolute atomic E-state index is 12.1. The molecular weight excluding hydrogens is 292 g/mol. The molecule has 0 atom stereocenters. The Kier molecular flexibility index (Phi) is 6.10. The lowest BCUT2D eigenvalue weighted by Crippen LogP contribution is -2.39. The second kappa shape index (κ2) is 8.29. The van der Waals surface area contributed by atoms with E-state index in [9.17, 15) is 4.79 Å². The number of rotatable bonds is 5. The average Bonchev–Trinajstić information content (AvgIpc) is 2.56. The van der Waals surface area contributed by atoms with Crippen LogP contribution in [0.4, 0.5) is 0 Å². The molecule has 0 aromatic heterocycles. The fourth-order valence-corrected chi connectivity index (χ4v) is 2.24. The van der Waals surface area contributed by atoms with Gasteiger partial charge in [0.1, 0.15) is 0 Å². The van der Waals surface area contributed by atoms with Crippen molar-refractivity contribution in [2.45, 2.75) is 19.8 Å². The summed E-state index contributed by atoms with van der Waals surface area (Å²) in [5.41, 5.74) is 2.81. The molecule has 0 saturated heterocycles. The Morgan fingerprint density at radius 3 is 2.27 bits per heavy atom. The maximum atomic E-state index is 12.1. The number of nitrogens with one attached hydrogen (secondary N) is 2. The molecule has 2 rings (SSSR count). The van der Waals surface area contributed by atoms with Gasteiger partial charge in [-0.25, -0.2) is 0 Å². The first-order chi connectivity index (χ1) is 10.7. The van der Waals surface area contributed by atoms with Gasteiger partial charge in [-0.05, 0) is 41.9 Å². The van der Waals surface area contributed by atoms with Crippen LogP contribution in [0, 0.1) is 0 Å². The van der Waals surface area contributed by atoms with Gasteiger partial charge < -0.3 is 5.32 Å². The number of unbranched alkanes of at least 4 members (excludes halogenated alkanes) is 1. The molecule has 4 heteroatoms. The van der Waals surface area contributed by atoms with Crippen molar-refractivity contribution in [2.75, 3.05) is 6.54 Å². The van der Waals surface area contributed by atoms with Gasteiger partial charge in [0.15, 0.2) is 5.11 Å². The molecule has 0 spiro atoms. The third kappa shape index (κ3) is 4.67. The predicted octanol–water partition coefficient (Wildman–Crippen LogP) is 3.76. The van der Waals surface area contributed by atoms with Gasteiger partial charge in [0, 0.05) is 12.1 Å². The average molecular weight is 312 g/mol. The monoisotopic (exact) mass is 312 g/mol. The van der Waals surface area contributed by atoms with E-state index in [4.69, 9.17) is 12.2 Å². The van der Waals surface area contributed by atoms with Gasteiger partial charge in [-0.3, -0.25) is 10.1 Å². The minimum absolute atomic E-state index is 0.186. The highest BCUT2D eigenvalue weighted by Crippen LogP contribution is 2.19. The predicted molar refractivity (Wildman–Crippen MR) is 94.9 cm³/mol. The molecule has 0 fully saturated rings. The molecule has 0 aliphatic heterocycles. The minimum atomic E-state index is -0.186. The highest BCUT2D eigenvalue weighted by molar-refractivity contribution is 7.80. The third-order valence-electron chi connectivity index (χ3n) is 3.30. The molecule has 2 aromatic carbocycles. The van der Waals surface area contributed by atoms with Crippen LogP contribution in [0.2, 0.25) is 0 Å². The largest absolute Gasteiger partial charge is 0.362 e. The summed E-state index contributed by atoms with van der Waals surface area (Å²) in [5, 5.41) is 6.10. The standard InChI is InChI=1S/C18H20N2OS/c1-2-3-13-19-18(22)20-17(21)16-11-9-15(10-12-16)14-7-5-4-6-8-14/h4-12H,2-3,13H2,1H3,(H2,19,20,21,22).